The van der Waals surface area contributed by atoms with Crippen LogP contribution in [0.3, 0.4) is 0 Å². The van der Waals surface area contributed by atoms with Crippen LogP contribution in [0.1, 0.15) is 5.56 Å². The summed E-state index contributed by atoms with van der Waals surface area (Å²) in [4.78, 5) is 28.2. The lowest BCUT2D eigenvalue weighted by Gasteiger charge is -2.06. The van der Waals surface area contributed by atoms with Crippen molar-refractivity contribution in [1.82, 2.24) is 9.55 Å². The number of ether oxygens (including phenoxy) is 1. The Morgan fingerprint density at radius 2 is 1.83 bits per heavy atom. The molecule has 0 atom stereocenters. The first-order valence-corrected chi connectivity index (χ1v) is 7.58. The molecule has 0 unspecified atom stereocenters. The molecule has 0 N–H and O–H groups in total. The first-order chi connectivity index (χ1) is 11.7. The monoisotopic (exact) mass is 320 g/mol. The molecule has 0 spiro atoms. The second kappa shape index (κ2) is 7.37. The number of benzene rings is 2. The Hall–Kier alpha value is -3.21. The van der Waals surface area contributed by atoms with Gasteiger partial charge < -0.3 is 4.74 Å². The summed E-state index contributed by atoms with van der Waals surface area (Å²) in [7, 11) is 0. The van der Waals surface area contributed by atoms with Gasteiger partial charge in [0.15, 0.2) is 0 Å². The number of hydrogen-bond donors (Lipinski definition) is 0. The van der Waals surface area contributed by atoms with E-state index in [0.717, 1.165) is 5.56 Å². The van der Waals surface area contributed by atoms with Gasteiger partial charge in [0.05, 0.1) is 23.8 Å². The molecule has 5 nitrogen and oxygen atoms in total. The van der Waals surface area contributed by atoms with Crippen LogP contribution >= 0.6 is 0 Å². The third-order valence-electron chi connectivity index (χ3n) is 3.52. The highest BCUT2D eigenvalue weighted by Crippen LogP contribution is 2.04. The summed E-state index contributed by atoms with van der Waals surface area (Å²) in [5.41, 5.74) is 1.43. The summed E-state index contributed by atoms with van der Waals surface area (Å²) in [6.45, 7) is 0.374. The van der Waals surface area contributed by atoms with E-state index in [-0.39, 0.29) is 18.7 Å². The quantitative estimate of drug-likeness (QED) is 0.535. The number of hydrogen-bond acceptors (Lipinski definition) is 4. The van der Waals surface area contributed by atoms with Crippen molar-refractivity contribution < 1.29 is 9.53 Å². The van der Waals surface area contributed by atoms with Gasteiger partial charge >= 0.3 is 5.97 Å². The van der Waals surface area contributed by atoms with Crippen LogP contribution in [0, 0.1) is 0 Å². The topological polar surface area (TPSA) is 61.2 Å². The van der Waals surface area contributed by atoms with E-state index in [0.29, 0.717) is 10.9 Å². The van der Waals surface area contributed by atoms with Crippen molar-refractivity contribution in [2.45, 2.75) is 6.54 Å². The van der Waals surface area contributed by atoms with E-state index in [1.807, 2.05) is 36.4 Å². The Labute approximate surface area is 138 Å². The Morgan fingerprint density at radius 3 is 2.67 bits per heavy atom. The van der Waals surface area contributed by atoms with E-state index in [1.54, 1.807) is 24.3 Å². The molecular weight excluding hydrogens is 304 g/mol. The van der Waals surface area contributed by atoms with E-state index in [2.05, 4.69) is 4.98 Å². The largest absolute Gasteiger partial charge is 0.461 e. The first kappa shape index (κ1) is 15.7. The van der Waals surface area contributed by atoms with Crippen LogP contribution in [0.4, 0.5) is 0 Å². The number of rotatable bonds is 5. The first-order valence-electron chi connectivity index (χ1n) is 7.58. The van der Waals surface area contributed by atoms with Crippen molar-refractivity contribution in [3.8, 4) is 0 Å². The van der Waals surface area contributed by atoms with Crippen LogP contribution in [0.2, 0.25) is 0 Å². The third kappa shape index (κ3) is 3.76. The Kier molecular flexibility index (Phi) is 4.81. The second-order valence-electron chi connectivity index (χ2n) is 5.17. The minimum Gasteiger partial charge on any atom is -0.461 e. The molecule has 1 aromatic heterocycles. The number of esters is 1. The standard InChI is InChI=1S/C19H16N2O3/c22-18(11-10-15-6-2-1-3-7-15)24-13-12-21-14-20-17-9-5-4-8-16(17)19(21)23/h1-11,14H,12-13H2. The molecule has 24 heavy (non-hydrogen) atoms. The molecule has 0 bridgehead atoms. The SMILES string of the molecule is O=C(C=Cc1ccccc1)OCCn1cnc2ccccc2c1=O. The molecule has 0 saturated heterocycles. The molecule has 0 aliphatic heterocycles. The number of fused-ring (bicyclic) bond motifs is 1. The van der Waals surface area contributed by atoms with Crippen molar-refractivity contribution in [3.63, 3.8) is 0 Å². The maximum absolute atomic E-state index is 12.3. The molecule has 0 amide bonds. The molecular formula is C19H16N2O3. The van der Waals surface area contributed by atoms with E-state index in [4.69, 9.17) is 4.74 Å². The van der Waals surface area contributed by atoms with Crippen LogP contribution in [-0.2, 0) is 16.1 Å². The van der Waals surface area contributed by atoms with Crippen molar-refractivity contribution in [2.24, 2.45) is 0 Å². The van der Waals surface area contributed by atoms with Gasteiger partial charge in [-0.3, -0.25) is 9.36 Å². The maximum atomic E-state index is 12.3. The minimum absolute atomic E-state index is 0.109. The van der Waals surface area contributed by atoms with E-state index < -0.39 is 5.97 Å². The van der Waals surface area contributed by atoms with Gasteiger partial charge in [0.25, 0.3) is 5.56 Å². The molecule has 0 fully saturated rings. The van der Waals surface area contributed by atoms with Crippen LogP contribution in [0.5, 0.6) is 0 Å². The van der Waals surface area contributed by atoms with E-state index in [9.17, 15) is 9.59 Å². The highest BCUT2D eigenvalue weighted by Gasteiger charge is 2.04. The lowest BCUT2D eigenvalue weighted by atomic mass is 10.2. The van der Waals surface area contributed by atoms with Gasteiger partial charge in [-0.15, -0.1) is 0 Å². The Bertz CT molecular complexity index is 930. The number of para-hydroxylation sites is 1. The highest BCUT2D eigenvalue weighted by molar-refractivity contribution is 5.87. The van der Waals surface area contributed by atoms with E-state index in [1.165, 1.54) is 17.0 Å². The average molecular weight is 320 g/mol. The number of carbonyl (C=O) groups excluding carboxylic acids is 1. The normalized spacial score (nSPS) is 11.0. The van der Waals surface area contributed by atoms with Gasteiger partial charge in [-0.25, -0.2) is 9.78 Å². The smallest absolute Gasteiger partial charge is 0.330 e. The molecule has 2 aromatic carbocycles. The molecule has 0 saturated carbocycles. The Balaban J connectivity index is 1.58. The molecule has 120 valence electrons. The number of carbonyl (C=O) groups is 1. The fraction of sp³-hybridized carbons (Fsp3) is 0.105. The van der Waals surface area contributed by atoms with Gasteiger partial charge in [-0.2, -0.15) is 0 Å². The zero-order chi connectivity index (χ0) is 16.8. The average Bonchev–Trinajstić information content (AvgIpc) is 2.63. The molecule has 0 aliphatic carbocycles. The summed E-state index contributed by atoms with van der Waals surface area (Å²) in [6.07, 6.45) is 4.53. The lowest BCUT2D eigenvalue weighted by molar-refractivity contribution is -0.137. The predicted molar refractivity (Wildman–Crippen MR) is 92.4 cm³/mol. The summed E-state index contributed by atoms with van der Waals surface area (Å²) in [5, 5.41) is 0.551. The van der Waals surface area contributed by atoms with Crippen LogP contribution in [-0.4, -0.2) is 22.1 Å². The fourth-order valence-corrected chi connectivity index (χ4v) is 2.29. The van der Waals surface area contributed by atoms with Crippen molar-refractivity contribution in [1.29, 1.82) is 0 Å². The molecule has 0 aliphatic rings. The Morgan fingerprint density at radius 1 is 1.08 bits per heavy atom. The van der Waals surface area contributed by atoms with Crippen molar-refractivity contribution in [3.05, 3.63) is 82.9 Å². The van der Waals surface area contributed by atoms with Gasteiger partial charge in [0, 0.05) is 6.08 Å². The summed E-state index contributed by atoms with van der Waals surface area (Å²) in [5.74, 6) is -0.444. The second-order valence-corrected chi connectivity index (χ2v) is 5.17. The third-order valence-corrected chi connectivity index (χ3v) is 3.52. The molecule has 1 heterocycles. The predicted octanol–water partition coefficient (Wildman–Crippen LogP) is 2.65. The molecule has 5 heteroatoms. The van der Waals surface area contributed by atoms with Gasteiger partial charge in [-0.1, -0.05) is 42.5 Å². The summed E-state index contributed by atoms with van der Waals surface area (Å²) in [6, 6.07) is 16.6. The molecule has 3 aromatic rings. The molecule has 3 rings (SSSR count). The van der Waals surface area contributed by atoms with Crippen LogP contribution in [0.25, 0.3) is 17.0 Å². The zero-order valence-electron chi connectivity index (χ0n) is 13.0. The summed E-state index contributed by atoms with van der Waals surface area (Å²) >= 11 is 0. The fourth-order valence-electron chi connectivity index (χ4n) is 2.29. The highest BCUT2D eigenvalue weighted by atomic mass is 16.5. The van der Waals surface area contributed by atoms with Gasteiger partial charge in [-0.05, 0) is 23.8 Å². The van der Waals surface area contributed by atoms with Crippen molar-refractivity contribution >= 4 is 22.9 Å². The number of aromatic nitrogens is 2. The van der Waals surface area contributed by atoms with Crippen molar-refractivity contribution in [2.75, 3.05) is 6.61 Å². The van der Waals surface area contributed by atoms with Crippen LogP contribution in [0.15, 0.2) is 71.8 Å². The number of nitrogens with zero attached hydrogens (tertiary/aromatic N) is 2. The van der Waals surface area contributed by atoms with Gasteiger partial charge in [0.1, 0.15) is 6.61 Å². The lowest BCUT2D eigenvalue weighted by Crippen LogP contribution is -2.23. The van der Waals surface area contributed by atoms with E-state index >= 15 is 0 Å². The van der Waals surface area contributed by atoms with Crippen LogP contribution < -0.4 is 5.56 Å². The minimum atomic E-state index is -0.444. The maximum Gasteiger partial charge on any atom is 0.330 e. The molecule has 0 radical (unpaired) electrons. The zero-order valence-corrected chi connectivity index (χ0v) is 13.0. The summed E-state index contributed by atoms with van der Waals surface area (Å²) < 4.78 is 6.56. The van der Waals surface area contributed by atoms with Gasteiger partial charge in [0.2, 0.25) is 0 Å².